The Hall–Kier alpha value is -2.73. The Labute approximate surface area is 146 Å². The normalized spacial score (nSPS) is 10.4. The average Bonchev–Trinajstić information content (AvgIpc) is 2.60. The molecule has 0 atom stereocenters. The molecule has 0 bridgehead atoms. The third kappa shape index (κ3) is 4.42. The Bertz CT molecular complexity index is 729. The van der Waals surface area contributed by atoms with E-state index in [9.17, 15) is 4.79 Å². The summed E-state index contributed by atoms with van der Waals surface area (Å²) in [5, 5.41) is 9.06. The molecule has 0 saturated heterocycles. The minimum Gasteiger partial charge on any atom is -0.493 e. The summed E-state index contributed by atoms with van der Waals surface area (Å²) in [4.78, 5) is 11.0. The molecule has 2 aromatic rings. The van der Waals surface area contributed by atoms with Gasteiger partial charge in [-0.15, -0.1) is 0 Å². The van der Waals surface area contributed by atoms with Crippen LogP contribution < -0.4 is 14.2 Å². The maximum absolute atomic E-state index is 11.0. The number of carboxylic acids is 1. The van der Waals surface area contributed by atoms with E-state index in [2.05, 4.69) is 0 Å². The van der Waals surface area contributed by atoms with Crippen molar-refractivity contribution in [1.82, 2.24) is 0 Å². The van der Waals surface area contributed by atoms with E-state index in [0.29, 0.717) is 41.6 Å². The lowest BCUT2D eigenvalue weighted by Gasteiger charge is -2.14. The zero-order valence-corrected chi connectivity index (χ0v) is 14.8. The Morgan fingerprint density at radius 1 is 0.920 bits per heavy atom. The second-order valence-corrected chi connectivity index (χ2v) is 5.48. The molecule has 1 N–H and O–H groups in total. The van der Waals surface area contributed by atoms with Gasteiger partial charge in [-0.1, -0.05) is 12.1 Å². The highest BCUT2D eigenvalue weighted by molar-refractivity contribution is 5.89. The van der Waals surface area contributed by atoms with E-state index < -0.39 is 5.97 Å². The van der Waals surface area contributed by atoms with Crippen molar-refractivity contribution in [3.05, 3.63) is 52.6 Å². The summed E-state index contributed by atoms with van der Waals surface area (Å²) in [6.07, 6.45) is 0. The number of carbonyl (C=O) groups is 1. The zero-order valence-electron chi connectivity index (χ0n) is 14.8. The molecule has 2 aromatic carbocycles. The third-order valence-corrected chi connectivity index (χ3v) is 3.78. The molecular weight excluding hydrogens is 324 g/mol. The van der Waals surface area contributed by atoms with E-state index in [1.165, 1.54) is 0 Å². The van der Waals surface area contributed by atoms with Crippen LogP contribution in [0.15, 0.2) is 30.3 Å². The fraction of sp³-hybridized carbons (Fsp3) is 0.316. The van der Waals surface area contributed by atoms with Crippen molar-refractivity contribution in [2.75, 3.05) is 21.3 Å². The van der Waals surface area contributed by atoms with Crippen LogP contribution in [0.2, 0.25) is 0 Å². The summed E-state index contributed by atoms with van der Waals surface area (Å²) in [6.45, 7) is 2.50. The summed E-state index contributed by atoms with van der Waals surface area (Å²) in [7, 11) is 4.68. The monoisotopic (exact) mass is 346 g/mol. The van der Waals surface area contributed by atoms with Crippen molar-refractivity contribution in [3.8, 4) is 17.2 Å². The highest BCUT2D eigenvalue weighted by Crippen LogP contribution is 2.38. The van der Waals surface area contributed by atoms with E-state index in [1.54, 1.807) is 40.4 Å². The largest absolute Gasteiger partial charge is 0.493 e. The van der Waals surface area contributed by atoms with E-state index in [0.717, 1.165) is 11.1 Å². The zero-order chi connectivity index (χ0) is 18.4. The minimum atomic E-state index is -0.928. The number of methoxy groups -OCH3 is 3. The van der Waals surface area contributed by atoms with Crippen LogP contribution in [0, 0.1) is 6.92 Å². The van der Waals surface area contributed by atoms with Gasteiger partial charge in [0.15, 0.2) is 11.5 Å². The van der Waals surface area contributed by atoms with E-state index in [-0.39, 0.29) is 0 Å². The first-order valence-electron chi connectivity index (χ1n) is 7.69. The van der Waals surface area contributed by atoms with Crippen LogP contribution in [0.5, 0.6) is 17.2 Å². The Morgan fingerprint density at radius 2 is 1.52 bits per heavy atom. The van der Waals surface area contributed by atoms with Gasteiger partial charge in [-0.25, -0.2) is 4.79 Å². The van der Waals surface area contributed by atoms with Crippen LogP contribution in [0.1, 0.15) is 27.0 Å². The molecule has 0 amide bonds. The molecule has 134 valence electrons. The molecule has 6 heteroatoms. The maximum Gasteiger partial charge on any atom is 0.335 e. The molecular formula is C19H22O6. The minimum absolute atomic E-state index is 0.299. The number of carboxylic acid groups (broad SMARTS) is 1. The first-order valence-corrected chi connectivity index (χ1v) is 7.69. The topological polar surface area (TPSA) is 74.2 Å². The number of aromatic carboxylic acids is 1. The van der Waals surface area contributed by atoms with Crippen LogP contribution in [0.25, 0.3) is 0 Å². The number of hydrogen-bond acceptors (Lipinski definition) is 5. The van der Waals surface area contributed by atoms with Crippen molar-refractivity contribution in [1.29, 1.82) is 0 Å². The molecule has 2 rings (SSSR count). The van der Waals surface area contributed by atoms with Gasteiger partial charge in [0.1, 0.15) is 0 Å². The number of aryl methyl sites for hydroxylation is 1. The summed E-state index contributed by atoms with van der Waals surface area (Å²) < 4.78 is 21.7. The molecule has 0 aliphatic heterocycles. The summed E-state index contributed by atoms with van der Waals surface area (Å²) >= 11 is 0. The second-order valence-electron chi connectivity index (χ2n) is 5.48. The fourth-order valence-corrected chi connectivity index (χ4v) is 2.56. The highest BCUT2D eigenvalue weighted by Gasteiger charge is 2.13. The first-order chi connectivity index (χ1) is 12.0. The van der Waals surface area contributed by atoms with Gasteiger partial charge in [-0.2, -0.15) is 0 Å². The van der Waals surface area contributed by atoms with Crippen molar-refractivity contribution in [2.45, 2.75) is 20.1 Å². The summed E-state index contributed by atoms with van der Waals surface area (Å²) in [5.41, 5.74) is 2.80. The summed E-state index contributed by atoms with van der Waals surface area (Å²) in [6, 6.07) is 8.83. The van der Waals surface area contributed by atoms with Crippen LogP contribution in [-0.4, -0.2) is 32.4 Å². The van der Waals surface area contributed by atoms with E-state index in [1.807, 2.05) is 18.2 Å². The lowest BCUT2D eigenvalue weighted by Crippen LogP contribution is -2.02. The van der Waals surface area contributed by atoms with Crippen LogP contribution in [-0.2, 0) is 18.0 Å². The lowest BCUT2D eigenvalue weighted by atomic mass is 10.1. The maximum atomic E-state index is 11.0. The molecule has 0 saturated carbocycles. The first kappa shape index (κ1) is 18.6. The molecule has 0 heterocycles. The average molecular weight is 346 g/mol. The summed E-state index contributed by atoms with van der Waals surface area (Å²) in [5.74, 6) is 0.750. The Morgan fingerprint density at radius 3 is 2.00 bits per heavy atom. The van der Waals surface area contributed by atoms with Crippen molar-refractivity contribution in [2.24, 2.45) is 0 Å². The molecule has 0 unspecified atom stereocenters. The molecule has 0 radical (unpaired) electrons. The van der Waals surface area contributed by atoms with Crippen molar-refractivity contribution < 1.29 is 28.8 Å². The van der Waals surface area contributed by atoms with Gasteiger partial charge in [-0.05, 0) is 41.8 Å². The van der Waals surface area contributed by atoms with Gasteiger partial charge in [0.2, 0.25) is 5.75 Å². The van der Waals surface area contributed by atoms with E-state index >= 15 is 0 Å². The number of hydrogen-bond donors (Lipinski definition) is 1. The number of benzene rings is 2. The fourth-order valence-electron chi connectivity index (χ4n) is 2.56. The van der Waals surface area contributed by atoms with Crippen LogP contribution >= 0.6 is 0 Å². The SMILES string of the molecule is COc1cc(COCc2ccc(C(=O)O)c(C)c2)cc(OC)c1OC. The molecule has 6 nitrogen and oxygen atoms in total. The number of ether oxygens (including phenoxy) is 4. The van der Waals surface area contributed by atoms with Crippen molar-refractivity contribution in [3.63, 3.8) is 0 Å². The quantitative estimate of drug-likeness (QED) is 0.789. The van der Waals surface area contributed by atoms with Gasteiger partial charge in [0, 0.05) is 0 Å². The third-order valence-electron chi connectivity index (χ3n) is 3.78. The van der Waals surface area contributed by atoms with Gasteiger partial charge in [0.25, 0.3) is 0 Å². The Balaban J connectivity index is 2.07. The van der Waals surface area contributed by atoms with E-state index in [4.69, 9.17) is 24.1 Å². The van der Waals surface area contributed by atoms with Gasteiger partial charge in [-0.3, -0.25) is 0 Å². The van der Waals surface area contributed by atoms with Crippen molar-refractivity contribution >= 4 is 5.97 Å². The molecule has 0 aliphatic carbocycles. The predicted octanol–water partition coefficient (Wildman–Crippen LogP) is 3.44. The molecule has 25 heavy (non-hydrogen) atoms. The predicted molar refractivity (Wildman–Crippen MR) is 92.7 cm³/mol. The van der Waals surface area contributed by atoms with Crippen LogP contribution in [0.4, 0.5) is 0 Å². The number of rotatable bonds is 8. The van der Waals surface area contributed by atoms with Gasteiger partial charge in [0.05, 0.1) is 40.1 Å². The second kappa shape index (κ2) is 8.39. The highest BCUT2D eigenvalue weighted by atomic mass is 16.5. The van der Waals surface area contributed by atoms with Crippen LogP contribution in [0.3, 0.4) is 0 Å². The van der Waals surface area contributed by atoms with Gasteiger partial charge < -0.3 is 24.1 Å². The molecule has 0 fully saturated rings. The molecule has 0 aliphatic rings. The Kier molecular flexibility index (Phi) is 6.25. The van der Waals surface area contributed by atoms with Gasteiger partial charge >= 0.3 is 5.97 Å². The smallest absolute Gasteiger partial charge is 0.335 e. The molecule has 0 aromatic heterocycles. The molecule has 0 spiro atoms. The standard InChI is InChI=1S/C19H22O6/c1-12-7-13(5-6-15(12)19(20)21)10-25-11-14-8-16(22-2)18(24-4)17(9-14)23-3/h5-9H,10-11H2,1-4H3,(H,20,21). The lowest BCUT2D eigenvalue weighted by molar-refractivity contribution is 0.0695.